The number of thiophene rings is 1. The van der Waals surface area contributed by atoms with Gasteiger partial charge in [0, 0.05) is 18.7 Å². The van der Waals surface area contributed by atoms with Crippen molar-refractivity contribution in [2.45, 2.75) is 12.8 Å². The van der Waals surface area contributed by atoms with E-state index in [1.165, 1.54) is 18.4 Å². The molecule has 1 aromatic heterocycles. The number of rotatable bonds is 3. The van der Waals surface area contributed by atoms with Gasteiger partial charge >= 0.3 is 5.97 Å². The fraction of sp³-hybridized carbons (Fsp3) is 0.250. The van der Waals surface area contributed by atoms with Gasteiger partial charge in [0.15, 0.2) is 0 Å². The first-order valence-corrected chi connectivity index (χ1v) is 7.73. The fourth-order valence-corrected chi connectivity index (χ4v) is 3.20. The highest BCUT2D eigenvalue weighted by Crippen LogP contribution is 2.30. The van der Waals surface area contributed by atoms with E-state index in [0.29, 0.717) is 5.56 Å². The first-order valence-electron chi connectivity index (χ1n) is 6.85. The van der Waals surface area contributed by atoms with E-state index in [-0.39, 0.29) is 5.97 Å². The van der Waals surface area contributed by atoms with E-state index in [9.17, 15) is 4.79 Å². The molecule has 0 amide bonds. The van der Waals surface area contributed by atoms with Crippen molar-refractivity contribution >= 4 is 33.8 Å². The number of hydrogen-bond donors (Lipinski definition) is 0. The third kappa shape index (κ3) is 2.83. The predicted octanol–water partition coefficient (Wildman–Crippen LogP) is 3.87. The van der Waals surface area contributed by atoms with Crippen molar-refractivity contribution < 1.29 is 9.53 Å². The zero-order valence-corrected chi connectivity index (χ0v) is 12.6. The van der Waals surface area contributed by atoms with Gasteiger partial charge in [0.1, 0.15) is 10.8 Å². The minimum atomic E-state index is -0.333. The maximum atomic E-state index is 11.7. The molecule has 0 N–H and O–H groups in total. The van der Waals surface area contributed by atoms with Crippen LogP contribution in [0.3, 0.4) is 0 Å². The van der Waals surface area contributed by atoms with Crippen LogP contribution in [-0.4, -0.2) is 25.5 Å². The van der Waals surface area contributed by atoms with Gasteiger partial charge in [-0.25, -0.2) is 9.79 Å². The van der Waals surface area contributed by atoms with Crippen molar-refractivity contribution in [3.8, 4) is 0 Å². The molecule has 21 heavy (non-hydrogen) atoms. The number of esters is 1. The van der Waals surface area contributed by atoms with Gasteiger partial charge < -0.3 is 9.64 Å². The van der Waals surface area contributed by atoms with Crippen LogP contribution in [0.5, 0.6) is 0 Å². The zero-order valence-electron chi connectivity index (χ0n) is 11.8. The Hall–Kier alpha value is -2.14. The number of carbonyl (C=O) groups is 1. The summed E-state index contributed by atoms with van der Waals surface area (Å²) in [5, 5.41) is 2.59. The summed E-state index contributed by atoms with van der Waals surface area (Å²) in [4.78, 5) is 18.6. The molecule has 3 rings (SSSR count). The van der Waals surface area contributed by atoms with Crippen LogP contribution in [0.2, 0.25) is 0 Å². The molecular weight excluding hydrogens is 284 g/mol. The Labute approximate surface area is 127 Å². The van der Waals surface area contributed by atoms with Crippen molar-refractivity contribution in [3.05, 3.63) is 47.3 Å². The number of ether oxygens (including phenoxy) is 1. The van der Waals surface area contributed by atoms with Crippen LogP contribution in [0.1, 0.15) is 23.2 Å². The molecule has 108 valence electrons. The molecule has 2 aromatic rings. The molecule has 1 saturated heterocycles. The molecule has 0 spiro atoms. The number of benzene rings is 1. The van der Waals surface area contributed by atoms with E-state index in [4.69, 9.17) is 9.73 Å². The Morgan fingerprint density at radius 3 is 2.86 bits per heavy atom. The topological polar surface area (TPSA) is 41.9 Å². The number of hydrogen-bond acceptors (Lipinski definition) is 4. The van der Waals surface area contributed by atoms with Crippen LogP contribution in [0.15, 0.2) is 46.8 Å². The first-order chi connectivity index (χ1) is 10.3. The molecule has 0 bridgehead atoms. The molecule has 4 nitrogen and oxygen atoms in total. The molecule has 1 fully saturated rings. The Morgan fingerprint density at radius 1 is 1.29 bits per heavy atom. The summed E-state index contributed by atoms with van der Waals surface area (Å²) in [7, 11) is 1.39. The summed E-state index contributed by atoms with van der Waals surface area (Å²) in [5.74, 6) is 0.675. The summed E-state index contributed by atoms with van der Waals surface area (Å²) in [6, 6.07) is 12.0. The maximum Gasteiger partial charge on any atom is 0.340 e. The maximum absolute atomic E-state index is 11.7. The van der Waals surface area contributed by atoms with E-state index < -0.39 is 0 Å². The van der Waals surface area contributed by atoms with Gasteiger partial charge in [0.2, 0.25) is 0 Å². The van der Waals surface area contributed by atoms with Gasteiger partial charge in [0.25, 0.3) is 0 Å². The smallest absolute Gasteiger partial charge is 0.340 e. The van der Waals surface area contributed by atoms with E-state index in [2.05, 4.69) is 17.0 Å². The fourth-order valence-electron chi connectivity index (χ4n) is 2.43. The summed E-state index contributed by atoms with van der Waals surface area (Å²) in [6.07, 6.45) is 2.00. The van der Waals surface area contributed by atoms with Gasteiger partial charge in [-0.2, -0.15) is 0 Å². The molecule has 5 heteroatoms. The molecule has 0 atom stereocenters. The molecule has 1 aliphatic rings. The monoisotopic (exact) mass is 300 g/mol. The van der Waals surface area contributed by atoms with Crippen molar-refractivity contribution in [1.29, 1.82) is 0 Å². The normalized spacial score (nSPS) is 16.4. The minimum Gasteiger partial charge on any atom is -0.465 e. The third-order valence-corrected chi connectivity index (χ3v) is 4.25. The number of carbonyl (C=O) groups excluding carboxylic acids is 1. The summed E-state index contributed by atoms with van der Waals surface area (Å²) < 4.78 is 4.80. The van der Waals surface area contributed by atoms with E-state index in [0.717, 1.165) is 35.9 Å². The van der Waals surface area contributed by atoms with Gasteiger partial charge in [-0.05, 0) is 30.0 Å². The second-order valence-electron chi connectivity index (χ2n) is 4.75. The number of aliphatic imine (C=N–C) groups is 1. The van der Waals surface area contributed by atoms with Crippen LogP contribution < -0.4 is 4.90 Å². The lowest BCUT2D eigenvalue weighted by atomic mass is 10.3. The summed E-state index contributed by atoms with van der Waals surface area (Å²) in [5.41, 5.74) is 1.68. The SMILES string of the molecule is COC(=O)c1ccsc1N=C1CCCN1c1ccccc1. The highest BCUT2D eigenvalue weighted by atomic mass is 32.1. The lowest BCUT2D eigenvalue weighted by molar-refractivity contribution is 0.0602. The van der Waals surface area contributed by atoms with Crippen LogP contribution >= 0.6 is 11.3 Å². The lowest BCUT2D eigenvalue weighted by Gasteiger charge is -2.18. The highest BCUT2D eigenvalue weighted by Gasteiger charge is 2.21. The van der Waals surface area contributed by atoms with Crippen LogP contribution in [0, 0.1) is 0 Å². The van der Waals surface area contributed by atoms with Crippen molar-refractivity contribution in [2.75, 3.05) is 18.6 Å². The summed E-state index contributed by atoms with van der Waals surface area (Å²) >= 11 is 1.46. The first kappa shape index (κ1) is 13.8. The minimum absolute atomic E-state index is 0.333. The number of nitrogens with zero attached hydrogens (tertiary/aromatic N) is 2. The van der Waals surface area contributed by atoms with Gasteiger partial charge in [-0.3, -0.25) is 0 Å². The quantitative estimate of drug-likeness (QED) is 0.808. The number of para-hydroxylation sites is 1. The standard InChI is InChI=1S/C16H16N2O2S/c1-20-16(19)13-9-11-21-15(13)17-14-8-5-10-18(14)12-6-3-2-4-7-12/h2-4,6-7,9,11H,5,8,10H2,1H3. The third-order valence-electron chi connectivity index (χ3n) is 3.44. The average molecular weight is 300 g/mol. The molecule has 0 aliphatic carbocycles. The Balaban J connectivity index is 1.92. The highest BCUT2D eigenvalue weighted by molar-refractivity contribution is 7.14. The number of amidine groups is 1. The second-order valence-corrected chi connectivity index (χ2v) is 5.64. The molecule has 0 unspecified atom stereocenters. The van der Waals surface area contributed by atoms with Crippen LogP contribution in [0.4, 0.5) is 10.7 Å². The van der Waals surface area contributed by atoms with E-state index in [1.807, 2.05) is 23.6 Å². The summed E-state index contributed by atoms with van der Waals surface area (Å²) in [6.45, 7) is 0.960. The average Bonchev–Trinajstić information content (AvgIpc) is 3.17. The molecule has 1 aliphatic heterocycles. The Bertz CT molecular complexity index is 664. The second kappa shape index (κ2) is 6.10. The van der Waals surface area contributed by atoms with Gasteiger partial charge in [-0.15, -0.1) is 11.3 Å². The largest absolute Gasteiger partial charge is 0.465 e. The zero-order chi connectivity index (χ0) is 14.7. The number of anilines is 1. The molecule has 0 saturated carbocycles. The predicted molar refractivity (Wildman–Crippen MR) is 85.8 cm³/mol. The Kier molecular flexibility index (Phi) is 4.01. The molecule has 1 aromatic carbocycles. The van der Waals surface area contributed by atoms with E-state index in [1.54, 1.807) is 6.07 Å². The van der Waals surface area contributed by atoms with Crippen molar-refractivity contribution in [1.82, 2.24) is 0 Å². The molecule has 0 radical (unpaired) electrons. The van der Waals surface area contributed by atoms with Crippen LogP contribution in [-0.2, 0) is 4.74 Å². The lowest BCUT2D eigenvalue weighted by Crippen LogP contribution is -2.23. The van der Waals surface area contributed by atoms with E-state index >= 15 is 0 Å². The Morgan fingerprint density at radius 2 is 2.10 bits per heavy atom. The van der Waals surface area contributed by atoms with Crippen molar-refractivity contribution in [3.63, 3.8) is 0 Å². The molecule has 2 heterocycles. The molecular formula is C16H16N2O2S. The van der Waals surface area contributed by atoms with Gasteiger partial charge in [0.05, 0.1) is 12.7 Å². The van der Waals surface area contributed by atoms with Crippen LogP contribution in [0.25, 0.3) is 0 Å². The van der Waals surface area contributed by atoms with Crippen molar-refractivity contribution in [2.24, 2.45) is 4.99 Å². The number of methoxy groups -OCH3 is 1. The van der Waals surface area contributed by atoms with Gasteiger partial charge in [-0.1, -0.05) is 18.2 Å².